The summed E-state index contributed by atoms with van der Waals surface area (Å²) in [7, 11) is 0. The maximum absolute atomic E-state index is 13.5. The highest BCUT2D eigenvalue weighted by molar-refractivity contribution is 7.22. The second kappa shape index (κ2) is 11.6. The van der Waals surface area contributed by atoms with Crippen LogP contribution in [0.3, 0.4) is 0 Å². The minimum absolute atomic E-state index is 0.231. The minimum atomic E-state index is -0.290. The molecular formula is C32H32ClFN6OS. The maximum Gasteiger partial charge on any atom is 0.142 e. The number of anilines is 2. The zero-order valence-corrected chi connectivity index (χ0v) is 25.0. The molecule has 42 heavy (non-hydrogen) atoms. The molecule has 1 fully saturated rings. The summed E-state index contributed by atoms with van der Waals surface area (Å²) in [5, 5.41) is 10.1. The summed E-state index contributed by atoms with van der Waals surface area (Å²) in [4.78, 5) is 14.0. The average Bonchev–Trinajstić information content (AvgIpc) is 3.60. The van der Waals surface area contributed by atoms with Crippen molar-refractivity contribution in [1.29, 1.82) is 0 Å². The predicted molar refractivity (Wildman–Crippen MR) is 167 cm³/mol. The van der Waals surface area contributed by atoms with Gasteiger partial charge in [-0.15, -0.1) is 11.3 Å². The van der Waals surface area contributed by atoms with E-state index in [4.69, 9.17) is 21.4 Å². The maximum atomic E-state index is 13.5. The molecule has 2 aliphatic rings. The van der Waals surface area contributed by atoms with Gasteiger partial charge >= 0.3 is 0 Å². The van der Waals surface area contributed by atoms with Gasteiger partial charge < -0.3 is 15.0 Å². The van der Waals surface area contributed by atoms with E-state index < -0.39 is 0 Å². The topological polar surface area (TPSA) is 68.1 Å². The summed E-state index contributed by atoms with van der Waals surface area (Å²) in [5.41, 5.74) is 5.25. The Labute approximate surface area is 253 Å². The second-order valence-electron chi connectivity index (χ2n) is 11.0. The summed E-state index contributed by atoms with van der Waals surface area (Å²) in [6.07, 6.45) is 9.20. The highest BCUT2D eigenvalue weighted by atomic mass is 35.5. The molecule has 3 aromatic heterocycles. The Morgan fingerprint density at radius 2 is 2.00 bits per heavy atom. The Hall–Kier alpha value is -3.53. The van der Waals surface area contributed by atoms with Gasteiger partial charge in [-0.25, -0.2) is 14.4 Å². The van der Waals surface area contributed by atoms with E-state index in [1.807, 2.05) is 24.3 Å². The van der Waals surface area contributed by atoms with Crippen molar-refractivity contribution in [2.75, 3.05) is 25.0 Å². The Morgan fingerprint density at radius 1 is 1.12 bits per heavy atom. The molecule has 7 rings (SSSR count). The van der Waals surface area contributed by atoms with Crippen LogP contribution >= 0.6 is 22.9 Å². The molecule has 0 amide bonds. The first kappa shape index (κ1) is 27.3. The number of ether oxygens (including phenoxy) is 1. The average molecular weight is 603 g/mol. The van der Waals surface area contributed by atoms with Crippen molar-refractivity contribution in [1.82, 2.24) is 24.6 Å². The SMILES string of the molecule is CCCN1CCC(n2cc3c(n2)CCc2c-3sc3ncnc(Nc4ccc(OCc5cccc(F)c5)c(Cl)c4)c23)CC1. The number of piperidine rings is 1. The van der Waals surface area contributed by atoms with Crippen LogP contribution < -0.4 is 10.1 Å². The number of nitrogens with one attached hydrogen (secondary N) is 1. The lowest BCUT2D eigenvalue weighted by Crippen LogP contribution is -2.35. The van der Waals surface area contributed by atoms with Gasteiger partial charge in [0, 0.05) is 35.4 Å². The van der Waals surface area contributed by atoms with Crippen LogP contribution in [0.2, 0.25) is 5.02 Å². The Kier molecular flexibility index (Phi) is 7.56. The second-order valence-corrected chi connectivity index (χ2v) is 12.4. The van der Waals surface area contributed by atoms with Gasteiger partial charge in [0.1, 0.15) is 35.1 Å². The third kappa shape index (κ3) is 5.37. The Balaban J connectivity index is 1.11. The van der Waals surface area contributed by atoms with Gasteiger partial charge in [0.25, 0.3) is 0 Å². The van der Waals surface area contributed by atoms with Crippen LogP contribution in [0, 0.1) is 5.82 Å². The van der Waals surface area contributed by atoms with E-state index in [1.54, 1.807) is 23.7 Å². The number of aryl methyl sites for hydroxylation is 2. The fourth-order valence-corrected chi connectivity index (χ4v) is 7.58. The van der Waals surface area contributed by atoms with Crippen LogP contribution in [0.5, 0.6) is 5.75 Å². The number of benzene rings is 2. The highest BCUT2D eigenvalue weighted by Crippen LogP contribution is 2.45. The molecule has 1 saturated heterocycles. The van der Waals surface area contributed by atoms with E-state index in [-0.39, 0.29) is 12.4 Å². The number of hydrogen-bond donors (Lipinski definition) is 1. The van der Waals surface area contributed by atoms with Crippen molar-refractivity contribution in [2.24, 2.45) is 0 Å². The number of halogens is 2. The highest BCUT2D eigenvalue weighted by Gasteiger charge is 2.29. The molecule has 1 aliphatic heterocycles. The Bertz CT molecular complexity index is 1740. The third-order valence-electron chi connectivity index (χ3n) is 8.20. The molecule has 5 aromatic rings. The Morgan fingerprint density at radius 3 is 2.81 bits per heavy atom. The summed E-state index contributed by atoms with van der Waals surface area (Å²) >= 11 is 8.29. The van der Waals surface area contributed by atoms with Crippen molar-refractivity contribution in [2.45, 2.75) is 51.7 Å². The van der Waals surface area contributed by atoms with Gasteiger partial charge in [-0.05, 0) is 80.1 Å². The third-order valence-corrected chi connectivity index (χ3v) is 9.67. The van der Waals surface area contributed by atoms with Gasteiger partial charge in [0.2, 0.25) is 0 Å². The number of thiophene rings is 1. The molecule has 2 aromatic carbocycles. The quantitative estimate of drug-likeness (QED) is 0.195. The fourth-order valence-electron chi connectivity index (χ4n) is 6.12. The van der Waals surface area contributed by atoms with Crippen LogP contribution in [-0.4, -0.2) is 44.3 Å². The van der Waals surface area contributed by atoms with Crippen molar-refractivity contribution >= 4 is 44.7 Å². The molecule has 0 unspecified atom stereocenters. The van der Waals surface area contributed by atoms with E-state index in [0.29, 0.717) is 16.8 Å². The van der Waals surface area contributed by atoms with Gasteiger partial charge in [-0.3, -0.25) is 4.68 Å². The molecule has 216 valence electrons. The first-order chi connectivity index (χ1) is 20.6. The first-order valence-electron chi connectivity index (χ1n) is 14.6. The molecule has 0 radical (unpaired) electrons. The molecular weight excluding hydrogens is 571 g/mol. The molecule has 1 aliphatic carbocycles. The van der Waals surface area contributed by atoms with Crippen LogP contribution in [0.1, 0.15) is 49.0 Å². The molecule has 10 heteroatoms. The number of aromatic nitrogens is 4. The monoisotopic (exact) mass is 602 g/mol. The molecule has 0 bridgehead atoms. The molecule has 0 spiro atoms. The number of hydrogen-bond acceptors (Lipinski definition) is 7. The minimum Gasteiger partial charge on any atom is -0.487 e. The predicted octanol–water partition coefficient (Wildman–Crippen LogP) is 7.82. The summed E-state index contributed by atoms with van der Waals surface area (Å²) in [6.45, 7) is 5.96. The summed E-state index contributed by atoms with van der Waals surface area (Å²) < 4.78 is 21.6. The summed E-state index contributed by atoms with van der Waals surface area (Å²) in [5.74, 6) is 1.01. The largest absolute Gasteiger partial charge is 0.487 e. The molecule has 4 heterocycles. The van der Waals surface area contributed by atoms with E-state index in [0.717, 1.165) is 66.1 Å². The standard InChI is InChI=1S/C32H32ClFN6OS/c1-2-12-39-13-10-23(11-14-39)40-17-25-27(38-40)8-7-24-29-31(35-19-36-32(29)42-30(24)25)37-22-6-9-28(26(33)16-22)41-18-20-4-3-5-21(34)15-20/h3-6,9,15-17,19,23H,2,7-8,10-14,18H2,1H3,(H,35,36,37). The van der Waals surface area contributed by atoms with Crippen molar-refractivity contribution < 1.29 is 9.13 Å². The van der Waals surface area contributed by atoms with Crippen LogP contribution in [0.25, 0.3) is 20.7 Å². The lowest BCUT2D eigenvalue weighted by molar-refractivity contribution is 0.180. The van der Waals surface area contributed by atoms with Crippen molar-refractivity contribution in [3.8, 4) is 16.2 Å². The lowest BCUT2D eigenvalue weighted by atomic mass is 9.95. The number of fused-ring (bicyclic) bond motifs is 5. The van der Waals surface area contributed by atoms with E-state index >= 15 is 0 Å². The van der Waals surface area contributed by atoms with Crippen molar-refractivity contribution in [3.63, 3.8) is 0 Å². The number of nitrogens with zero attached hydrogens (tertiary/aromatic N) is 5. The fraction of sp³-hybridized carbons (Fsp3) is 0.344. The molecule has 0 atom stereocenters. The van der Waals surface area contributed by atoms with Gasteiger partial charge in [-0.2, -0.15) is 5.10 Å². The molecule has 7 nitrogen and oxygen atoms in total. The molecule has 1 N–H and O–H groups in total. The van der Waals surface area contributed by atoms with Crippen LogP contribution in [-0.2, 0) is 19.4 Å². The molecule has 0 saturated carbocycles. The van der Waals surface area contributed by atoms with Crippen molar-refractivity contribution in [3.05, 3.63) is 82.6 Å². The number of rotatable bonds is 8. The van der Waals surface area contributed by atoms with E-state index in [2.05, 4.69) is 38.0 Å². The van der Waals surface area contributed by atoms with Gasteiger partial charge in [-0.1, -0.05) is 30.7 Å². The van der Waals surface area contributed by atoms with Gasteiger partial charge in [0.15, 0.2) is 0 Å². The normalized spacial score (nSPS) is 15.5. The zero-order chi connectivity index (χ0) is 28.6. The van der Waals surface area contributed by atoms with Crippen LogP contribution in [0.4, 0.5) is 15.9 Å². The van der Waals surface area contributed by atoms with E-state index in [1.165, 1.54) is 46.8 Å². The summed E-state index contributed by atoms with van der Waals surface area (Å²) in [6, 6.07) is 12.4. The zero-order valence-electron chi connectivity index (χ0n) is 23.4. The van der Waals surface area contributed by atoms with Crippen LogP contribution in [0.15, 0.2) is 55.0 Å². The van der Waals surface area contributed by atoms with Gasteiger partial charge in [0.05, 0.1) is 22.1 Å². The van der Waals surface area contributed by atoms with E-state index in [9.17, 15) is 4.39 Å². The smallest absolute Gasteiger partial charge is 0.142 e. The lowest BCUT2D eigenvalue weighted by Gasteiger charge is -2.31. The first-order valence-corrected chi connectivity index (χ1v) is 15.8. The number of likely N-dealkylation sites (tertiary alicyclic amines) is 1.